The lowest BCUT2D eigenvalue weighted by molar-refractivity contribution is 0.0550. The highest BCUT2D eigenvalue weighted by atomic mass is 16.5. The Labute approximate surface area is 157 Å². The molecule has 2 aromatic carbocycles. The Morgan fingerprint density at radius 1 is 1.07 bits per heavy atom. The molecule has 5 heteroatoms. The van der Waals surface area contributed by atoms with Crippen LogP contribution in [0.5, 0.6) is 0 Å². The maximum absolute atomic E-state index is 12.2. The molecule has 1 heterocycles. The molecule has 1 N–H and O–H groups in total. The predicted octanol–water partition coefficient (Wildman–Crippen LogP) is 4.71. The number of hydrogen-bond donors (Lipinski definition) is 1. The number of furan rings is 1. The molecule has 3 rings (SSSR count). The van der Waals surface area contributed by atoms with Crippen molar-refractivity contribution in [2.45, 2.75) is 6.92 Å². The van der Waals surface area contributed by atoms with Crippen LogP contribution in [0.4, 0.5) is 5.69 Å². The van der Waals surface area contributed by atoms with Gasteiger partial charge in [0.1, 0.15) is 6.61 Å². The quantitative estimate of drug-likeness (QED) is 0.646. The topological polar surface area (TPSA) is 68.5 Å². The van der Waals surface area contributed by atoms with Crippen LogP contribution < -0.4 is 5.32 Å². The molecule has 0 saturated carbocycles. The highest BCUT2D eigenvalue weighted by Gasteiger charge is 2.13. The van der Waals surface area contributed by atoms with E-state index in [0.717, 1.165) is 11.1 Å². The number of aryl methyl sites for hydroxylation is 1. The van der Waals surface area contributed by atoms with E-state index in [1.54, 1.807) is 36.4 Å². The summed E-state index contributed by atoms with van der Waals surface area (Å²) in [5.74, 6) is -0.631. The molecule has 27 heavy (non-hydrogen) atoms. The first-order valence-corrected chi connectivity index (χ1v) is 8.48. The number of amides is 1. The van der Waals surface area contributed by atoms with Crippen LogP contribution in [0.2, 0.25) is 0 Å². The van der Waals surface area contributed by atoms with Crippen molar-refractivity contribution in [3.63, 3.8) is 0 Å². The minimum Gasteiger partial charge on any atom is -0.459 e. The minimum absolute atomic E-state index is 0.162. The van der Waals surface area contributed by atoms with Gasteiger partial charge in [-0.25, -0.2) is 4.79 Å². The molecule has 0 unspecified atom stereocenters. The summed E-state index contributed by atoms with van der Waals surface area (Å²) in [6, 6.07) is 18.0. The summed E-state index contributed by atoms with van der Waals surface area (Å²) in [4.78, 5) is 24.4. The zero-order chi connectivity index (χ0) is 19.1. The van der Waals surface area contributed by atoms with Gasteiger partial charge in [0.25, 0.3) is 5.91 Å². The number of esters is 1. The van der Waals surface area contributed by atoms with E-state index >= 15 is 0 Å². The Balaban J connectivity index is 1.61. The number of anilines is 1. The second-order valence-electron chi connectivity index (χ2n) is 5.87. The van der Waals surface area contributed by atoms with E-state index in [9.17, 15) is 9.59 Å². The van der Waals surface area contributed by atoms with Crippen molar-refractivity contribution in [2.24, 2.45) is 0 Å². The standard InChI is InChI=1S/C22H19NO4/c1-16-11-12-18(15-19(16)23-21(24)20-10-6-13-26-20)22(25)27-14-5-9-17-7-3-2-4-8-17/h2-13,15H,14H2,1H3,(H,23,24)/b9-5+. The molecule has 0 atom stereocenters. The smallest absolute Gasteiger partial charge is 0.338 e. The van der Waals surface area contributed by atoms with Gasteiger partial charge in [-0.2, -0.15) is 0 Å². The molecule has 0 fully saturated rings. The van der Waals surface area contributed by atoms with E-state index in [-0.39, 0.29) is 18.3 Å². The molecular weight excluding hydrogens is 342 g/mol. The highest BCUT2D eigenvalue weighted by molar-refractivity contribution is 6.03. The molecule has 3 aromatic rings. The SMILES string of the molecule is Cc1ccc(C(=O)OC/C=C/c2ccccc2)cc1NC(=O)c1ccco1. The summed E-state index contributed by atoms with van der Waals surface area (Å²) >= 11 is 0. The van der Waals surface area contributed by atoms with Gasteiger partial charge in [0.05, 0.1) is 11.8 Å². The lowest BCUT2D eigenvalue weighted by Crippen LogP contribution is -2.13. The molecule has 0 saturated heterocycles. The molecule has 0 aliphatic carbocycles. The van der Waals surface area contributed by atoms with Crippen molar-refractivity contribution < 1.29 is 18.7 Å². The van der Waals surface area contributed by atoms with Gasteiger partial charge < -0.3 is 14.5 Å². The molecule has 0 bridgehead atoms. The average Bonchev–Trinajstić information content (AvgIpc) is 3.22. The van der Waals surface area contributed by atoms with E-state index in [2.05, 4.69) is 5.32 Å². The van der Waals surface area contributed by atoms with E-state index in [1.807, 2.05) is 43.3 Å². The molecule has 0 spiro atoms. The second-order valence-corrected chi connectivity index (χ2v) is 5.87. The van der Waals surface area contributed by atoms with Crippen LogP contribution >= 0.6 is 0 Å². The third kappa shape index (κ3) is 4.95. The Bertz CT molecular complexity index is 944. The summed E-state index contributed by atoms with van der Waals surface area (Å²) in [6.45, 7) is 2.01. The fourth-order valence-corrected chi connectivity index (χ4v) is 2.43. The third-order valence-corrected chi connectivity index (χ3v) is 3.89. The first-order chi connectivity index (χ1) is 13.1. The summed E-state index contributed by atoms with van der Waals surface area (Å²) < 4.78 is 10.3. The van der Waals surface area contributed by atoms with Crippen LogP contribution in [-0.4, -0.2) is 18.5 Å². The summed E-state index contributed by atoms with van der Waals surface area (Å²) in [6.07, 6.45) is 5.09. The number of rotatable bonds is 6. The largest absolute Gasteiger partial charge is 0.459 e. The number of hydrogen-bond acceptors (Lipinski definition) is 4. The van der Waals surface area contributed by atoms with Crippen molar-refractivity contribution in [1.82, 2.24) is 0 Å². The molecule has 5 nitrogen and oxygen atoms in total. The van der Waals surface area contributed by atoms with Gasteiger partial charge in [-0.15, -0.1) is 0 Å². The molecule has 0 aliphatic rings. The molecule has 0 radical (unpaired) electrons. The number of nitrogens with one attached hydrogen (secondary N) is 1. The molecule has 136 valence electrons. The molecule has 0 aliphatic heterocycles. The van der Waals surface area contributed by atoms with Gasteiger partial charge in [0, 0.05) is 5.69 Å². The maximum atomic E-state index is 12.2. The summed E-state index contributed by atoms with van der Waals surface area (Å²) in [7, 11) is 0. The normalized spacial score (nSPS) is 10.7. The van der Waals surface area contributed by atoms with Crippen molar-refractivity contribution in [3.8, 4) is 0 Å². The van der Waals surface area contributed by atoms with Gasteiger partial charge in [-0.05, 0) is 48.4 Å². The zero-order valence-electron chi connectivity index (χ0n) is 14.8. The number of benzene rings is 2. The van der Waals surface area contributed by atoms with Crippen LogP contribution in [0.3, 0.4) is 0 Å². The van der Waals surface area contributed by atoms with Crippen LogP contribution in [0.15, 0.2) is 77.4 Å². The van der Waals surface area contributed by atoms with Gasteiger partial charge in [0.2, 0.25) is 0 Å². The Kier molecular flexibility index (Phi) is 5.84. The predicted molar refractivity (Wildman–Crippen MR) is 104 cm³/mol. The van der Waals surface area contributed by atoms with Crippen molar-refractivity contribution in [3.05, 3.63) is 95.5 Å². The van der Waals surface area contributed by atoms with E-state index in [0.29, 0.717) is 11.3 Å². The highest BCUT2D eigenvalue weighted by Crippen LogP contribution is 2.19. The van der Waals surface area contributed by atoms with E-state index in [4.69, 9.17) is 9.15 Å². The zero-order valence-corrected chi connectivity index (χ0v) is 14.8. The van der Waals surface area contributed by atoms with Gasteiger partial charge in [-0.3, -0.25) is 4.79 Å². The van der Waals surface area contributed by atoms with E-state index in [1.165, 1.54) is 6.26 Å². The number of carbonyl (C=O) groups excluding carboxylic acids is 2. The van der Waals surface area contributed by atoms with Crippen molar-refractivity contribution in [1.29, 1.82) is 0 Å². The Hall–Kier alpha value is -3.60. The maximum Gasteiger partial charge on any atom is 0.338 e. The minimum atomic E-state index is -0.457. The monoisotopic (exact) mass is 361 g/mol. The second kappa shape index (κ2) is 8.67. The molecule has 1 aromatic heterocycles. The molecule has 1 amide bonds. The Morgan fingerprint density at radius 3 is 2.63 bits per heavy atom. The average molecular weight is 361 g/mol. The number of carbonyl (C=O) groups is 2. The first-order valence-electron chi connectivity index (χ1n) is 8.48. The van der Waals surface area contributed by atoms with Crippen LogP contribution in [0.25, 0.3) is 6.08 Å². The van der Waals surface area contributed by atoms with Gasteiger partial charge >= 0.3 is 5.97 Å². The van der Waals surface area contributed by atoms with E-state index < -0.39 is 5.97 Å². The lowest BCUT2D eigenvalue weighted by atomic mass is 10.1. The fourth-order valence-electron chi connectivity index (χ4n) is 2.43. The third-order valence-electron chi connectivity index (χ3n) is 3.89. The van der Waals surface area contributed by atoms with Gasteiger partial charge in [0.15, 0.2) is 5.76 Å². The first kappa shape index (κ1) is 18.2. The van der Waals surface area contributed by atoms with Crippen LogP contribution in [-0.2, 0) is 4.74 Å². The fraction of sp³-hybridized carbons (Fsp3) is 0.0909. The van der Waals surface area contributed by atoms with Crippen LogP contribution in [0, 0.1) is 6.92 Å². The van der Waals surface area contributed by atoms with Gasteiger partial charge in [-0.1, -0.05) is 42.5 Å². The summed E-state index contributed by atoms with van der Waals surface area (Å²) in [5.41, 5.74) is 2.76. The van der Waals surface area contributed by atoms with Crippen molar-refractivity contribution in [2.75, 3.05) is 11.9 Å². The number of ether oxygens (including phenoxy) is 1. The van der Waals surface area contributed by atoms with Crippen molar-refractivity contribution >= 4 is 23.6 Å². The van der Waals surface area contributed by atoms with Crippen LogP contribution in [0.1, 0.15) is 32.0 Å². The lowest BCUT2D eigenvalue weighted by Gasteiger charge is -2.09. The summed E-state index contributed by atoms with van der Waals surface area (Å²) in [5, 5.41) is 2.74. The Morgan fingerprint density at radius 2 is 1.89 bits per heavy atom. The molecular formula is C22H19NO4.